The van der Waals surface area contributed by atoms with Gasteiger partial charge in [0, 0.05) is 25.5 Å². The number of nitrogens with zero attached hydrogens (tertiary/aromatic N) is 2. The first-order valence-corrected chi connectivity index (χ1v) is 7.40. The molecule has 0 saturated carbocycles. The van der Waals surface area contributed by atoms with Gasteiger partial charge in [-0.2, -0.15) is 0 Å². The molecular weight excluding hydrogens is 270 g/mol. The summed E-state index contributed by atoms with van der Waals surface area (Å²) in [5.41, 5.74) is -0.434. The zero-order chi connectivity index (χ0) is 15.1. The first-order valence-electron chi connectivity index (χ1n) is 7.40. The first kappa shape index (κ1) is 15.7. The van der Waals surface area contributed by atoms with Gasteiger partial charge in [0.25, 0.3) is 5.91 Å². The van der Waals surface area contributed by atoms with Crippen molar-refractivity contribution in [3.63, 3.8) is 0 Å². The fraction of sp³-hybridized carbons (Fsp3) is 0.643. The summed E-state index contributed by atoms with van der Waals surface area (Å²) in [5.74, 6) is 0.242. The number of nitrogens with one attached hydrogen (secondary N) is 3. The molecule has 1 aliphatic rings. The molecule has 4 N–H and O–H groups in total. The summed E-state index contributed by atoms with van der Waals surface area (Å²) >= 11 is 0. The van der Waals surface area contributed by atoms with E-state index in [9.17, 15) is 9.90 Å². The Morgan fingerprint density at radius 1 is 1.38 bits per heavy atom. The van der Waals surface area contributed by atoms with Crippen molar-refractivity contribution >= 4 is 11.9 Å². The van der Waals surface area contributed by atoms with Gasteiger partial charge in [-0.1, -0.05) is 0 Å². The van der Waals surface area contributed by atoms with E-state index in [2.05, 4.69) is 25.9 Å². The molecular formula is C14H23N5O2. The van der Waals surface area contributed by atoms with Gasteiger partial charge in [-0.25, -0.2) is 9.97 Å². The lowest BCUT2D eigenvalue weighted by Gasteiger charge is -2.26. The van der Waals surface area contributed by atoms with Crippen LogP contribution in [-0.4, -0.2) is 52.8 Å². The Morgan fingerprint density at radius 2 is 2.14 bits per heavy atom. The monoisotopic (exact) mass is 293 g/mol. The molecule has 0 bridgehead atoms. The Hall–Kier alpha value is -1.73. The first-order chi connectivity index (χ1) is 10.1. The molecule has 1 aromatic heterocycles. The smallest absolute Gasteiger partial charge is 0.254 e. The lowest BCUT2D eigenvalue weighted by molar-refractivity contribution is 0.0275. The highest BCUT2D eigenvalue weighted by Crippen LogP contribution is 2.18. The van der Waals surface area contributed by atoms with Crippen LogP contribution in [0.15, 0.2) is 12.4 Å². The molecule has 1 aliphatic heterocycles. The molecule has 0 aliphatic carbocycles. The highest BCUT2D eigenvalue weighted by molar-refractivity contribution is 5.93. The highest BCUT2D eigenvalue weighted by Gasteiger charge is 2.28. The number of aliphatic hydroxyl groups is 1. The van der Waals surface area contributed by atoms with Gasteiger partial charge in [0.15, 0.2) is 0 Å². The van der Waals surface area contributed by atoms with Gasteiger partial charge in [0.2, 0.25) is 5.95 Å². The molecule has 7 heteroatoms. The molecule has 0 spiro atoms. The maximum atomic E-state index is 12.0. The van der Waals surface area contributed by atoms with E-state index in [1.807, 2.05) is 6.92 Å². The van der Waals surface area contributed by atoms with Crippen LogP contribution in [0.1, 0.15) is 36.5 Å². The van der Waals surface area contributed by atoms with E-state index in [1.165, 1.54) is 12.4 Å². The van der Waals surface area contributed by atoms with Crippen molar-refractivity contribution in [1.29, 1.82) is 0 Å². The number of hydrogen-bond donors (Lipinski definition) is 4. The molecule has 0 aromatic carbocycles. The largest absolute Gasteiger partial charge is 0.388 e. The van der Waals surface area contributed by atoms with Crippen LogP contribution in [-0.2, 0) is 0 Å². The molecule has 1 atom stereocenters. The third-order valence-electron chi connectivity index (χ3n) is 3.59. The minimum absolute atomic E-state index is 0.252. The number of hydrogen-bond acceptors (Lipinski definition) is 6. The Bertz CT molecular complexity index is 455. The minimum Gasteiger partial charge on any atom is -0.388 e. The van der Waals surface area contributed by atoms with E-state index < -0.39 is 5.60 Å². The van der Waals surface area contributed by atoms with Crippen molar-refractivity contribution in [2.75, 3.05) is 31.5 Å². The molecule has 1 aromatic rings. The van der Waals surface area contributed by atoms with Gasteiger partial charge in [-0.15, -0.1) is 0 Å². The number of carbonyl (C=O) groups excluding carboxylic acids is 1. The fourth-order valence-corrected chi connectivity index (χ4v) is 2.33. The standard InChI is InChI=1S/C14H23N5O2/c1-2-16-13-17-8-11(9-18-13)12(20)19-10-14(21)4-3-6-15-7-5-14/h8-9,15,21H,2-7,10H2,1H3,(H,19,20)(H,16,17,18)/t14-/m0/s1. The lowest BCUT2D eigenvalue weighted by atomic mass is 9.95. The van der Waals surface area contributed by atoms with E-state index >= 15 is 0 Å². The molecule has 7 nitrogen and oxygen atoms in total. The average Bonchev–Trinajstić information content (AvgIpc) is 2.71. The van der Waals surface area contributed by atoms with Gasteiger partial charge in [-0.3, -0.25) is 4.79 Å². The van der Waals surface area contributed by atoms with Crippen molar-refractivity contribution in [3.05, 3.63) is 18.0 Å². The summed E-state index contributed by atoms with van der Waals surface area (Å²) in [6.07, 6.45) is 5.21. The number of rotatable bonds is 5. The van der Waals surface area contributed by atoms with Gasteiger partial charge in [0.05, 0.1) is 11.2 Å². The minimum atomic E-state index is -0.830. The summed E-state index contributed by atoms with van der Waals surface area (Å²) in [4.78, 5) is 20.2. The topological polar surface area (TPSA) is 99.2 Å². The van der Waals surface area contributed by atoms with Gasteiger partial charge in [-0.05, 0) is 39.3 Å². The van der Waals surface area contributed by atoms with Gasteiger partial charge in [0.1, 0.15) is 0 Å². The third kappa shape index (κ3) is 4.64. The van der Waals surface area contributed by atoms with Crippen molar-refractivity contribution in [2.45, 2.75) is 31.8 Å². The molecule has 1 amide bonds. The maximum absolute atomic E-state index is 12.0. The van der Waals surface area contributed by atoms with Crippen LogP contribution in [0.4, 0.5) is 5.95 Å². The van der Waals surface area contributed by atoms with Crippen LogP contribution in [0.2, 0.25) is 0 Å². The van der Waals surface area contributed by atoms with Crippen LogP contribution in [0.25, 0.3) is 0 Å². The van der Waals surface area contributed by atoms with Crippen molar-refractivity contribution in [1.82, 2.24) is 20.6 Å². The van der Waals surface area contributed by atoms with Crippen LogP contribution in [0, 0.1) is 0 Å². The number of anilines is 1. The van der Waals surface area contributed by atoms with E-state index in [0.717, 1.165) is 26.1 Å². The Labute approximate surface area is 124 Å². The van der Waals surface area contributed by atoms with Crippen LogP contribution in [0.3, 0.4) is 0 Å². The maximum Gasteiger partial charge on any atom is 0.254 e. The van der Waals surface area contributed by atoms with Crippen molar-refractivity contribution < 1.29 is 9.90 Å². The summed E-state index contributed by atoms with van der Waals surface area (Å²) in [6, 6.07) is 0. The number of amides is 1. The lowest BCUT2D eigenvalue weighted by Crippen LogP contribution is -2.43. The summed E-state index contributed by atoms with van der Waals surface area (Å²) in [6.45, 7) is 4.62. The second-order valence-electron chi connectivity index (χ2n) is 5.34. The Morgan fingerprint density at radius 3 is 2.86 bits per heavy atom. The summed E-state index contributed by atoms with van der Waals surface area (Å²) in [5, 5.41) is 19.4. The molecule has 116 valence electrons. The molecule has 2 heterocycles. The number of carbonyl (C=O) groups is 1. The molecule has 1 fully saturated rings. The van der Waals surface area contributed by atoms with Gasteiger partial charge < -0.3 is 21.1 Å². The molecule has 1 saturated heterocycles. The van der Waals surface area contributed by atoms with Crippen molar-refractivity contribution in [2.24, 2.45) is 0 Å². The Balaban J connectivity index is 1.88. The van der Waals surface area contributed by atoms with E-state index in [0.29, 0.717) is 24.4 Å². The fourth-order valence-electron chi connectivity index (χ4n) is 2.33. The molecule has 2 rings (SSSR count). The van der Waals surface area contributed by atoms with Crippen molar-refractivity contribution in [3.8, 4) is 0 Å². The second kappa shape index (κ2) is 7.33. The predicted octanol–water partition coefficient (Wildman–Crippen LogP) is 0.143. The van der Waals surface area contributed by atoms with Gasteiger partial charge >= 0.3 is 0 Å². The summed E-state index contributed by atoms with van der Waals surface area (Å²) < 4.78 is 0. The normalized spacial score (nSPS) is 22.4. The quantitative estimate of drug-likeness (QED) is 0.616. The second-order valence-corrected chi connectivity index (χ2v) is 5.34. The molecule has 0 unspecified atom stereocenters. The van der Waals surface area contributed by atoms with E-state index in [1.54, 1.807) is 0 Å². The summed E-state index contributed by atoms with van der Waals surface area (Å²) in [7, 11) is 0. The average molecular weight is 293 g/mol. The van der Waals surface area contributed by atoms with Crippen LogP contribution >= 0.6 is 0 Å². The zero-order valence-electron chi connectivity index (χ0n) is 12.4. The predicted molar refractivity (Wildman–Crippen MR) is 80.2 cm³/mol. The highest BCUT2D eigenvalue weighted by atomic mass is 16.3. The van der Waals surface area contributed by atoms with E-state index in [4.69, 9.17) is 0 Å². The molecule has 21 heavy (non-hydrogen) atoms. The van der Waals surface area contributed by atoms with Crippen LogP contribution in [0.5, 0.6) is 0 Å². The number of aromatic nitrogens is 2. The SMILES string of the molecule is CCNc1ncc(C(=O)NC[C@]2(O)CCCNCC2)cn1. The Kier molecular flexibility index (Phi) is 5.46. The zero-order valence-corrected chi connectivity index (χ0v) is 12.4. The molecule has 0 radical (unpaired) electrons. The van der Waals surface area contributed by atoms with E-state index in [-0.39, 0.29) is 12.5 Å². The third-order valence-corrected chi connectivity index (χ3v) is 3.59. The van der Waals surface area contributed by atoms with Crippen LogP contribution < -0.4 is 16.0 Å².